The minimum atomic E-state index is -0.476. The second-order valence-electron chi connectivity index (χ2n) is 5.13. The summed E-state index contributed by atoms with van der Waals surface area (Å²) in [5.74, 6) is -0.290. The summed E-state index contributed by atoms with van der Waals surface area (Å²) in [5, 5.41) is 0. The molecule has 0 fully saturated rings. The van der Waals surface area contributed by atoms with E-state index >= 15 is 0 Å². The average Bonchev–Trinajstić information content (AvgIpc) is 2.14. The Balaban J connectivity index is 4.06. The highest BCUT2D eigenvalue weighted by molar-refractivity contribution is 5.70. The summed E-state index contributed by atoms with van der Waals surface area (Å²) in [6.45, 7) is 10.4. The van der Waals surface area contributed by atoms with Crippen molar-refractivity contribution in [3.63, 3.8) is 0 Å². The Labute approximate surface area is 110 Å². The van der Waals surface area contributed by atoms with Crippen molar-refractivity contribution in [2.24, 2.45) is 5.73 Å². The van der Waals surface area contributed by atoms with Crippen molar-refractivity contribution in [1.82, 2.24) is 0 Å². The lowest BCUT2D eigenvalue weighted by Gasteiger charge is -2.23. The zero-order valence-corrected chi connectivity index (χ0v) is 12.2. The molecule has 0 aromatic heterocycles. The number of carbonyl (C=O) groups excluding carboxylic acids is 1. The Bertz CT molecular complexity index is 232. The van der Waals surface area contributed by atoms with Crippen LogP contribution >= 0.6 is 0 Å². The van der Waals surface area contributed by atoms with Gasteiger partial charge in [-0.3, -0.25) is 4.79 Å². The summed E-state index contributed by atoms with van der Waals surface area (Å²) >= 11 is 0. The molecular formula is C13H27NO4. The van der Waals surface area contributed by atoms with E-state index in [1.807, 2.05) is 34.6 Å². The molecule has 0 radical (unpaired) electrons. The van der Waals surface area contributed by atoms with Gasteiger partial charge in [-0.05, 0) is 34.6 Å². The largest absolute Gasteiger partial charge is 0.460 e. The fourth-order valence-corrected chi connectivity index (χ4v) is 1.48. The zero-order chi connectivity index (χ0) is 14.2. The van der Waals surface area contributed by atoms with Crippen molar-refractivity contribution < 1.29 is 19.0 Å². The fourth-order valence-electron chi connectivity index (χ4n) is 1.48. The lowest BCUT2D eigenvalue weighted by atomic mass is 10.1. The van der Waals surface area contributed by atoms with E-state index in [4.69, 9.17) is 19.9 Å². The van der Waals surface area contributed by atoms with Crippen molar-refractivity contribution in [3.8, 4) is 0 Å². The topological polar surface area (TPSA) is 70.8 Å². The van der Waals surface area contributed by atoms with Crippen LogP contribution in [0.25, 0.3) is 0 Å². The normalized spacial score (nSPS) is 13.7. The van der Waals surface area contributed by atoms with E-state index in [1.165, 1.54) is 0 Å². The van der Waals surface area contributed by atoms with Crippen LogP contribution in [-0.4, -0.2) is 37.1 Å². The van der Waals surface area contributed by atoms with E-state index in [2.05, 4.69) is 0 Å². The number of rotatable bonds is 8. The molecule has 2 N–H and O–H groups in total. The molecule has 0 aliphatic rings. The summed E-state index contributed by atoms with van der Waals surface area (Å²) < 4.78 is 16.0. The summed E-state index contributed by atoms with van der Waals surface area (Å²) in [5.41, 5.74) is 5.42. The van der Waals surface area contributed by atoms with Crippen molar-refractivity contribution >= 4 is 5.97 Å². The van der Waals surface area contributed by atoms with Crippen LogP contribution < -0.4 is 5.73 Å². The van der Waals surface area contributed by atoms with Gasteiger partial charge in [0.25, 0.3) is 0 Å². The number of esters is 1. The molecular weight excluding hydrogens is 234 g/mol. The highest BCUT2D eigenvalue weighted by Gasteiger charge is 2.21. The van der Waals surface area contributed by atoms with Gasteiger partial charge >= 0.3 is 5.97 Å². The van der Waals surface area contributed by atoms with Gasteiger partial charge in [0.05, 0.1) is 6.42 Å². The highest BCUT2D eigenvalue weighted by atomic mass is 16.7. The van der Waals surface area contributed by atoms with Crippen molar-refractivity contribution in [2.45, 2.75) is 65.4 Å². The first-order valence-electron chi connectivity index (χ1n) is 6.49. The Morgan fingerprint density at radius 2 is 1.67 bits per heavy atom. The third-order valence-corrected chi connectivity index (χ3v) is 2.05. The molecule has 0 saturated carbocycles. The maximum Gasteiger partial charge on any atom is 0.307 e. The minimum Gasteiger partial charge on any atom is -0.460 e. The molecule has 0 rings (SSSR count). The van der Waals surface area contributed by atoms with Gasteiger partial charge in [-0.25, -0.2) is 0 Å². The van der Waals surface area contributed by atoms with Gasteiger partial charge in [0.15, 0.2) is 6.29 Å². The second kappa shape index (κ2) is 8.45. The molecule has 108 valence electrons. The fraction of sp³-hybridized carbons (Fsp3) is 0.923. The highest BCUT2D eigenvalue weighted by Crippen LogP contribution is 2.11. The Kier molecular flexibility index (Phi) is 8.15. The van der Waals surface area contributed by atoms with Crippen LogP contribution in [0.4, 0.5) is 0 Å². The van der Waals surface area contributed by atoms with Gasteiger partial charge in [0.1, 0.15) is 5.60 Å². The number of nitrogens with two attached hydrogens (primary N) is 1. The standard InChI is InChI=1S/C13H27NO4/c1-6-16-12(17-7-2)9-10(14)8-11(15)18-13(3,4)5/h10,12H,6-9,14H2,1-5H3. The number of hydrogen-bond donors (Lipinski definition) is 1. The summed E-state index contributed by atoms with van der Waals surface area (Å²) in [4.78, 5) is 11.6. The molecule has 0 amide bonds. The first-order chi connectivity index (χ1) is 8.28. The molecule has 0 bridgehead atoms. The predicted octanol–water partition coefficient (Wildman–Crippen LogP) is 1.83. The summed E-state index contributed by atoms with van der Waals surface area (Å²) in [7, 11) is 0. The molecule has 5 nitrogen and oxygen atoms in total. The molecule has 0 heterocycles. The van der Waals surface area contributed by atoms with Crippen LogP contribution in [0, 0.1) is 0 Å². The molecule has 5 heteroatoms. The van der Waals surface area contributed by atoms with Crippen LogP contribution in [0.2, 0.25) is 0 Å². The third-order valence-electron chi connectivity index (χ3n) is 2.05. The van der Waals surface area contributed by atoms with E-state index in [1.54, 1.807) is 0 Å². The van der Waals surface area contributed by atoms with Crippen molar-refractivity contribution in [2.75, 3.05) is 13.2 Å². The first kappa shape index (κ1) is 17.4. The van der Waals surface area contributed by atoms with E-state index < -0.39 is 5.60 Å². The van der Waals surface area contributed by atoms with Gasteiger partial charge in [0.2, 0.25) is 0 Å². The van der Waals surface area contributed by atoms with Crippen molar-refractivity contribution in [1.29, 1.82) is 0 Å². The molecule has 0 aliphatic heterocycles. The number of hydrogen-bond acceptors (Lipinski definition) is 5. The maximum absolute atomic E-state index is 11.6. The molecule has 18 heavy (non-hydrogen) atoms. The molecule has 0 aromatic carbocycles. The molecule has 0 aromatic rings. The van der Waals surface area contributed by atoms with Crippen LogP contribution in [0.5, 0.6) is 0 Å². The first-order valence-corrected chi connectivity index (χ1v) is 6.49. The Morgan fingerprint density at radius 3 is 2.06 bits per heavy atom. The zero-order valence-electron chi connectivity index (χ0n) is 12.2. The third kappa shape index (κ3) is 9.39. The van der Waals surface area contributed by atoms with Crippen LogP contribution in [0.3, 0.4) is 0 Å². The van der Waals surface area contributed by atoms with E-state index in [0.717, 1.165) is 0 Å². The lowest BCUT2D eigenvalue weighted by Crippen LogP contribution is -2.34. The molecule has 1 unspecified atom stereocenters. The van der Waals surface area contributed by atoms with Crippen LogP contribution in [-0.2, 0) is 19.0 Å². The molecule has 0 spiro atoms. The second-order valence-corrected chi connectivity index (χ2v) is 5.13. The number of carbonyl (C=O) groups is 1. The van der Waals surface area contributed by atoms with Crippen LogP contribution in [0.15, 0.2) is 0 Å². The minimum absolute atomic E-state index is 0.175. The van der Waals surface area contributed by atoms with Gasteiger partial charge in [-0.1, -0.05) is 0 Å². The average molecular weight is 261 g/mol. The quantitative estimate of drug-likeness (QED) is 0.533. The molecule has 0 saturated heterocycles. The summed E-state index contributed by atoms with van der Waals surface area (Å²) in [6.07, 6.45) is 0.312. The smallest absolute Gasteiger partial charge is 0.307 e. The Morgan fingerprint density at radius 1 is 1.17 bits per heavy atom. The SMILES string of the molecule is CCOC(CC(N)CC(=O)OC(C)(C)C)OCC. The predicted molar refractivity (Wildman–Crippen MR) is 70.1 cm³/mol. The molecule has 0 aliphatic carbocycles. The number of ether oxygens (including phenoxy) is 3. The Hall–Kier alpha value is -0.650. The van der Waals surface area contributed by atoms with Crippen molar-refractivity contribution in [3.05, 3.63) is 0 Å². The van der Waals surface area contributed by atoms with Gasteiger partial charge < -0.3 is 19.9 Å². The van der Waals surface area contributed by atoms with E-state index in [0.29, 0.717) is 19.6 Å². The van der Waals surface area contributed by atoms with Gasteiger partial charge in [-0.15, -0.1) is 0 Å². The summed E-state index contributed by atoms with van der Waals surface area (Å²) in [6, 6.07) is -0.317. The lowest BCUT2D eigenvalue weighted by molar-refractivity contribution is -0.158. The van der Waals surface area contributed by atoms with Gasteiger partial charge in [-0.2, -0.15) is 0 Å². The van der Waals surface area contributed by atoms with Gasteiger partial charge in [0, 0.05) is 25.7 Å². The monoisotopic (exact) mass is 261 g/mol. The van der Waals surface area contributed by atoms with E-state index in [-0.39, 0.29) is 24.7 Å². The van der Waals surface area contributed by atoms with E-state index in [9.17, 15) is 4.79 Å². The maximum atomic E-state index is 11.6. The molecule has 1 atom stereocenters. The van der Waals surface area contributed by atoms with Crippen LogP contribution in [0.1, 0.15) is 47.5 Å².